The van der Waals surface area contributed by atoms with E-state index in [1.54, 1.807) is 42.5 Å². The predicted molar refractivity (Wildman–Crippen MR) is 92.8 cm³/mol. The zero-order chi connectivity index (χ0) is 18.1. The van der Waals surface area contributed by atoms with Crippen molar-refractivity contribution in [2.75, 3.05) is 19.0 Å². The summed E-state index contributed by atoms with van der Waals surface area (Å²) in [7, 11) is 1.47. The molecular weight excluding hydrogens is 318 g/mol. The molecule has 0 aromatic heterocycles. The van der Waals surface area contributed by atoms with Crippen LogP contribution in [0.25, 0.3) is 6.08 Å². The summed E-state index contributed by atoms with van der Waals surface area (Å²) in [6.07, 6.45) is 1.44. The Hall–Kier alpha value is -3.77. The highest BCUT2D eigenvalue weighted by molar-refractivity contribution is 5.91. The zero-order valence-corrected chi connectivity index (χ0v) is 13.5. The molecular formula is C19H15N3O3. The summed E-state index contributed by atoms with van der Waals surface area (Å²) in [6.45, 7) is -0.178. The molecule has 0 heterocycles. The van der Waals surface area contributed by atoms with E-state index in [-0.39, 0.29) is 18.1 Å². The standard InChI is InChI=1S/C19H15N3O3/c1-24-18-10-14(9-15(11-20)12-21)7-8-17(18)25-13-19(23)22-16-5-3-2-4-6-16/h2-10H,13H2,1H3,(H,22,23). The number of allylic oxidation sites excluding steroid dienone is 1. The Morgan fingerprint density at radius 2 is 1.84 bits per heavy atom. The number of ether oxygens (including phenoxy) is 2. The van der Waals surface area contributed by atoms with Crippen LogP contribution in [-0.2, 0) is 4.79 Å². The Morgan fingerprint density at radius 3 is 2.48 bits per heavy atom. The molecule has 0 atom stereocenters. The van der Waals surface area contributed by atoms with Crippen molar-refractivity contribution in [1.29, 1.82) is 10.5 Å². The predicted octanol–water partition coefficient (Wildman–Crippen LogP) is 3.14. The molecule has 0 aliphatic carbocycles. The topological polar surface area (TPSA) is 95.1 Å². The summed E-state index contributed by atoms with van der Waals surface area (Å²) in [5, 5.41) is 20.3. The molecule has 0 spiro atoms. The number of hydrogen-bond donors (Lipinski definition) is 1. The number of carbonyl (C=O) groups is 1. The molecule has 1 amide bonds. The van der Waals surface area contributed by atoms with Crippen molar-refractivity contribution in [2.45, 2.75) is 0 Å². The van der Waals surface area contributed by atoms with Gasteiger partial charge in [0.1, 0.15) is 17.7 Å². The van der Waals surface area contributed by atoms with Gasteiger partial charge < -0.3 is 14.8 Å². The van der Waals surface area contributed by atoms with E-state index in [4.69, 9.17) is 20.0 Å². The number of rotatable bonds is 6. The fourth-order valence-corrected chi connectivity index (χ4v) is 2.01. The maximum absolute atomic E-state index is 11.9. The van der Waals surface area contributed by atoms with Crippen LogP contribution < -0.4 is 14.8 Å². The third-order valence-corrected chi connectivity index (χ3v) is 3.16. The lowest BCUT2D eigenvalue weighted by Crippen LogP contribution is -2.20. The van der Waals surface area contributed by atoms with Crippen LogP contribution in [0, 0.1) is 22.7 Å². The fourth-order valence-electron chi connectivity index (χ4n) is 2.01. The summed E-state index contributed by atoms with van der Waals surface area (Å²) < 4.78 is 10.7. The summed E-state index contributed by atoms with van der Waals surface area (Å²) in [5.74, 6) is 0.489. The lowest BCUT2D eigenvalue weighted by molar-refractivity contribution is -0.118. The van der Waals surface area contributed by atoms with Gasteiger partial charge in [-0.25, -0.2) is 0 Å². The highest BCUT2D eigenvalue weighted by Crippen LogP contribution is 2.29. The van der Waals surface area contributed by atoms with Crippen LogP contribution in [0.4, 0.5) is 5.69 Å². The number of amides is 1. The van der Waals surface area contributed by atoms with Gasteiger partial charge in [-0.05, 0) is 35.9 Å². The van der Waals surface area contributed by atoms with Crippen LogP contribution >= 0.6 is 0 Å². The molecule has 124 valence electrons. The van der Waals surface area contributed by atoms with Gasteiger partial charge in [0, 0.05) is 5.69 Å². The van der Waals surface area contributed by atoms with E-state index in [1.165, 1.54) is 13.2 Å². The highest BCUT2D eigenvalue weighted by Gasteiger charge is 2.09. The lowest BCUT2D eigenvalue weighted by atomic mass is 10.1. The van der Waals surface area contributed by atoms with E-state index < -0.39 is 0 Å². The van der Waals surface area contributed by atoms with Crippen molar-refractivity contribution in [1.82, 2.24) is 0 Å². The number of nitrogens with zero attached hydrogens (tertiary/aromatic N) is 2. The molecule has 25 heavy (non-hydrogen) atoms. The molecule has 0 fully saturated rings. The van der Waals surface area contributed by atoms with Crippen molar-refractivity contribution < 1.29 is 14.3 Å². The summed E-state index contributed by atoms with van der Waals surface area (Å²) >= 11 is 0. The van der Waals surface area contributed by atoms with Crippen molar-refractivity contribution in [3.63, 3.8) is 0 Å². The molecule has 0 aliphatic rings. The lowest BCUT2D eigenvalue weighted by Gasteiger charge is -2.11. The van der Waals surface area contributed by atoms with Gasteiger partial charge in [0.05, 0.1) is 7.11 Å². The molecule has 0 saturated carbocycles. The van der Waals surface area contributed by atoms with Crippen LogP contribution in [0.15, 0.2) is 54.1 Å². The Bertz CT molecular complexity index is 846. The van der Waals surface area contributed by atoms with Gasteiger partial charge >= 0.3 is 0 Å². The largest absolute Gasteiger partial charge is 0.493 e. The molecule has 2 aromatic rings. The maximum atomic E-state index is 11.9. The van der Waals surface area contributed by atoms with E-state index in [0.29, 0.717) is 22.7 Å². The molecule has 0 bridgehead atoms. The SMILES string of the molecule is COc1cc(C=C(C#N)C#N)ccc1OCC(=O)Nc1ccccc1. The number of methoxy groups -OCH3 is 1. The van der Waals surface area contributed by atoms with Gasteiger partial charge in [0.15, 0.2) is 18.1 Å². The quantitative estimate of drug-likeness (QED) is 0.819. The van der Waals surface area contributed by atoms with Crippen LogP contribution in [0.3, 0.4) is 0 Å². The van der Waals surface area contributed by atoms with Gasteiger partial charge in [-0.15, -0.1) is 0 Å². The normalized spacial score (nSPS) is 9.24. The number of nitrogens with one attached hydrogen (secondary N) is 1. The monoisotopic (exact) mass is 333 g/mol. The first-order chi connectivity index (χ1) is 12.2. The van der Waals surface area contributed by atoms with Crippen molar-refractivity contribution in [3.8, 4) is 23.6 Å². The van der Waals surface area contributed by atoms with E-state index in [0.717, 1.165) is 0 Å². The maximum Gasteiger partial charge on any atom is 0.262 e. The van der Waals surface area contributed by atoms with Crippen LogP contribution in [0.1, 0.15) is 5.56 Å². The van der Waals surface area contributed by atoms with E-state index >= 15 is 0 Å². The smallest absolute Gasteiger partial charge is 0.262 e. The van der Waals surface area contributed by atoms with Crippen molar-refractivity contribution >= 4 is 17.7 Å². The average molecular weight is 333 g/mol. The first-order valence-corrected chi connectivity index (χ1v) is 7.34. The van der Waals surface area contributed by atoms with Crippen molar-refractivity contribution in [3.05, 3.63) is 59.7 Å². The Balaban J connectivity index is 2.05. The number of nitriles is 2. The second-order valence-electron chi connectivity index (χ2n) is 4.89. The molecule has 0 radical (unpaired) electrons. The van der Waals surface area contributed by atoms with Crippen LogP contribution in [-0.4, -0.2) is 19.6 Å². The molecule has 0 aliphatic heterocycles. The third-order valence-electron chi connectivity index (χ3n) is 3.16. The van der Waals surface area contributed by atoms with Gasteiger partial charge in [0.25, 0.3) is 5.91 Å². The van der Waals surface area contributed by atoms with Gasteiger partial charge in [-0.1, -0.05) is 24.3 Å². The van der Waals surface area contributed by atoms with Gasteiger partial charge in [-0.3, -0.25) is 4.79 Å². The number of carbonyl (C=O) groups excluding carboxylic acids is 1. The molecule has 2 aromatic carbocycles. The minimum atomic E-state index is -0.298. The molecule has 2 rings (SSSR count). The van der Waals surface area contributed by atoms with E-state index in [1.807, 2.05) is 18.2 Å². The van der Waals surface area contributed by atoms with E-state index in [2.05, 4.69) is 5.32 Å². The molecule has 6 nitrogen and oxygen atoms in total. The second kappa shape index (κ2) is 8.76. The van der Waals surface area contributed by atoms with Crippen LogP contribution in [0.5, 0.6) is 11.5 Å². The van der Waals surface area contributed by atoms with Gasteiger partial charge in [-0.2, -0.15) is 10.5 Å². The first-order valence-electron chi connectivity index (χ1n) is 7.34. The summed E-state index contributed by atoms with van der Waals surface area (Å²) in [4.78, 5) is 11.9. The number of para-hydroxylation sites is 1. The highest BCUT2D eigenvalue weighted by atomic mass is 16.5. The Kier molecular flexibility index (Phi) is 6.16. The summed E-state index contributed by atoms with van der Waals surface area (Å²) in [6, 6.07) is 17.6. The van der Waals surface area contributed by atoms with Gasteiger partial charge in [0.2, 0.25) is 0 Å². The van der Waals surface area contributed by atoms with E-state index in [9.17, 15) is 4.79 Å². The summed E-state index contributed by atoms with van der Waals surface area (Å²) in [5.41, 5.74) is 1.29. The average Bonchev–Trinajstić information content (AvgIpc) is 2.65. The molecule has 0 unspecified atom stereocenters. The number of benzene rings is 2. The zero-order valence-electron chi connectivity index (χ0n) is 13.5. The number of anilines is 1. The minimum absolute atomic E-state index is 0.0158. The molecule has 6 heteroatoms. The minimum Gasteiger partial charge on any atom is -0.493 e. The molecule has 0 saturated heterocycles. The second-order valence-corrected chi connectivity index (χ2v) is 4.89. The molecule has 1 N–H and O–H groups in total. The Labute approximate surface area is 145 Å². The fraction of sp³-hybridized carbons (Fsp3) is 0.105. The first kappa shape index (κ1) is 17.6. The Morgan fingerprint density at radius 1 is 1.12 bits per heavy atom. The third kappa shape index (κ3) is 5.12. The number of hydrogen-bond acceptors (Lipinski definition) is 5. The van der Waals surface area contributed by atoms with Crippen molar-refractivity contribution in [2.24, 2.45) is 0 Å². The van der Waals surface area contributed by atoms with Crippen LogP contribution in [0.2, 0.25) is 0 Å².